The zero-order chi connectivity index (χ0) is 14.8. The van der Waals surface area contributed by atoms with Gasteiger partial charge < -0.3 is 5.32 Å². The second kappa shape index (κ2) is 6.67. The molecule has 0 atom stereocenters. The minimum absolute atomic E-state index is 0.147. The molecule has 1 N–H and O–H groups in total. The summed E-state index contributed by atoms with van der Waals surface area (Å²) >= 11 is 15.6. The molecule has 0 bridgehead atoms. The topological polar surface area (TPSA) is 29.1 Å². The van der Waals surface area contributed by atoms with Crippen molar-refractivity contribution in [2.24, 2.45) is 5.92 Å². The molecule has 1 aliphatic rings. The van der Waals surface area contributed by atoms with Gasteiger partial charge in [0.25, 0.3) is 5.91 Å². The molecule has 2 rings (SSSR count). The highest BCUT2D eigenvalue weighted by Crippen LogP contribution is 2.34. The highest BCUT2D eigenvalue weighted by atomic mass is 79.9. The molecule has 0 spiro atoms. The SMILES string of the molecule is CC1CCC(CBr)(NC(=O)c2cc(Cl)ccc2Cl)CC1. The zero-order valence-electron chi connectivity index (χ0n) is 11.4. The Kier molecular flexibility index (Phi) is 5.38. The van der Waals surface area contributed by atoms with E-state index in [1.165, 1.54) is 0 Å². The average molecular weight is 379 g/mol. The van der Waals surface area contributed by atoms with E-state index in [1.807, 2.05) is 0 Å². The van der Waals surface area contributed by atoms with Gasteiger partial charge >= 0.3 is 0 Å². The molecule has 1 aromatic rings. The number of nitrogens with one attached hydrogen (secondary N) is 1. The molecule has 5 heteroatoms. The first kappa shape index (κ1) is 16.1. The Morgan fingerprint density at radius 3 is 2.65 bits per heavy atom. The largest absolute Gasteiger partial charge is 0.346 e. The van der Waals surface area contributed by atoms with E-state index in [0.717, 1.165) is 36.9 Å². The van der Waals surface area contributed by atoms with Crippen LogP contribution in [0, 0.1) is 5.92 Å². The highest BCUT2D eigenvalue weighted by molar-refractivity contribution is 9.09. The summed E-state index contributed by atoms with van der Waals surface area (Å²) in [6, 6.07) is 4.96. The fraction of sp³-hybridized carbons (Fsp3) is 0.533. The fourth-order valence-electron chi connectivity index (χ4n) is 2.59. The Bertz CT molecular complexity index is 499. The smallest absolute Gasteiger partial charge is 0.253 e. The lowest BCUT2D eigenvalue weighted by molar-refractivity contribution is 0.0874. The second-order valence-electron chi connectivity index (χ2n) is 5.67. The molecule has 0 aliphatic heterocycles. The molecule has 1 aromatic carbocycles. The van der Waals surface area contributed by atoms with Gasteiger partial charge in [-0.15, -0.1) is 0 Å². The van der Waals surface area contributed by atoms with Crippen molar-refractivity contribution in [3.63, 3.8) is 0 Å². The minimum Gasteiger partial charge on any atom is -0.346 e. The van der Waals surface area contributed by atoms with Crippen LogP contribution in [0.5, 0.6) is 0 Å². The number of carbonyl (C=O) groups is 1. The second-order valence-corrected chi connectivity index (χ2v) is 7.08. The van der Waals surface area contributed by atoms with Crippen LogP contribution in [0.1, 0.15) is 43.0 Å². The van der Waals surface area contributed by atoms with Crippen LogP contribution in [0.3, 0.4) is 0 Å². The molecule has 1 saturated carbocycles. The zero-order valence-corrected chi connectivity index (χ0v) is 14.5. The van der Waals surface area contributed by atoms with Crippen molar-refractivity contribution in [2.45, 2.75) is 38.1 Å². The van der Waals surface area contributed by atoms with Crippen LogP contribution in [0.2, 0.25) is 10.0 Å². The van der Waals surface area contributed by atoms with Crippen LogP contribution < -0.4 is 5.32 Å². The number of benzene rings is 1. The number of halogens is 3. The van der Waals surface area contributed by atoms with Gasteiger partial charge in [0.05, 0.1) is 16.1 Å². The Morgan fingerprint density at radius 1 is 1.40 bits per heavy atom. The lowest BCUT2D eigenvalue weighted by atomic mass is 9.78. The van der Waals surface area contributed by atoms with E-state index in [1.54, 1.807) is 18.2 Å². The summed E-state index contributed by atoms with van der Waals surface area (Å²) in [5.74, 6) is 0.584. The van der Waals surface area contributed by atoms with Crippen molar-refractivity contribution in [3.05, 3.63) is 33.8 Å². The van der Waals surface area contributed by atoms with Crippen LogP contribution in [0.15, 0.2) is 18.2 Å². The maximum Gasteiger partial charge on any atom is 0.253 e. The van der Waals surface area contributed by atoms with E-state index in [-0.39, 0.29) is 11.4 Å². The van der Waals surface area contributed by atoms with E-state index < -0.39 is 0 Å². The molecular formula is C15H18BrCl2NO. The molecule has 1 aliphatic carbocycles. The van der Waals surface area contributed by atoms with E-state index in [9.17, 15) is 4.79 Å². The van der Waals surface area contributed by atoms with Gasteiger partial charge in [0.1, 0.15) is 0 Å². The maximum atomic E-state index is 12.5. The number of alkyl halides is 1. The van der Waals surface area contributed by atoms with Crippen molar-refractivity contribution in [3.8, 4) is 0 Å². The van der Waals surface area contributed by atoms with Crippen molar-refractivity contribution >= 4 is 45.0 Å². The van der Waals surface area contributed by atoms with Gasteiger partial charge in [0.15, 0.2) is 0 Å². The summed E-state index contributed by atoms with van der Waals surface area (Å²) in [4.78, 5) is 12.5. The van der Waals surface area contributed by atoms with E-state index >= 15 is 0 Å². The first-order chi connectivity index (χ1) is 9.46. The molecule has 1 fully saturated rings. The molecular weight excluding hydrogens is 361 g/mol. The third-order valence-electron chi connectivity index (χ3n) is 4.04. The predicted molar refractivity (Wildman–Crippen MR) is 88.1 cm³/mol. The Balaban J connectivity index is 2.15. The van der Waals surface area contributed by atoms with Crippen LogP contribution in [-0.2, 0) is 0 Å². The summed E-state index contributed by atoms with van der Waals surface area (Å²) in [6.45, 7) is 2.26. The number of hydrogen-bond acceptors (Lipinski definition) is 1. The Hall–Kier alpha value is -0.250. The fourth-order valence-corrected chi connectivity index (χ4v) is 3.66. The molecule has 0 saturated heterocycles. The summed E-state index contributed by atoms with van der Waals surface area (Å²) in [5, 5.41) is 4.87. The quantitative estimate of drug-likeness (QED) is 0.731. The van der Waals surface area contributed by atoms with Crippen LogP contribution in [-0.4, -0.2) is 16.8 Å². The third kappa shape index (κ3) is 3.69. The first-order valence-electron chi connectivity index (χ1n) is 6.79. The summed E-state index contributed by atoms with van der Waals surface area (Å²) in [7, 11) is 0. The van der Waals surface area contributed by atoms with Crippen molar-refractivity contribution in [1.82, 2.24) is 5.32 Å². The maximum absolute atomic E-state index is 12.5. The third-order valence-corrected chi connectivity index (χ3v) is 5.68. The minimum atomic E-state index is -0.171. The van der Waals surface area contributed by atoms with E-state index in [2.05, 4.69) is 28.2 Å². The standard InChI is InChI=1S/C15H18BrCl2NO/c1-10-4-6-15(9-16,7-5-10)19-14(20)12-8-11(17)2-3-13(12)18/h2-3,8,10H,4-7,9H2,1H3,(H,19,20). The average Bonchev–Trinajstić information content (AvgIpc) is 2.44. The van der Waals surface area contributed by atoms with Crippen molar-refractivity contribution in [2.75, 3.05) is 5.33 Å². The van der Waals surface area contributed by atoms with Crippen LogP contribution in [0.25, 0.3) is 0 Å². The van der Waals surface area contributed by atoms with Gasteiger partial charge in [0, 0.05) is 10.4 Å². The Morgan fingerprint density at radius 2 is 2.05 bits per heavy atom. The summed E-state index contributed by atoms with van der Waals surface area (Å²) < 4.78 is 0. The molecule has 110 valence electrons. The van der Waals surface area contributed by atoms with Crippen molar-refractivity contribution in [1.29, 1.82) is 0 Å². The van der Waals surface area contributed by atoms with E-state index in [4.69, 9.17) is 23.2 Å². The number of carbonyl (C=O) groups excluding carboxylic acids is 1. The highest BCUT2D eigenvalue weighted by Gasteiger charge is 2.35. The van der Waals surface area contributed by atoms with Crippen LogP contribution in [0.4, 0.5) is 0 Å². The van der Waals surface area contributed by atoms with Gasteiger partial charge in [-0.25, -0.2) is 0 Å². The monoisotopic (exact) mass is 377 g/mol. The predicted octanol–water partition coefficient (Wildman–Crippen LogP) is 5.07. The normalized spacial score (nSPS) is 26.3. The molecule has 2 nitrogen and oxygen atoms in total. The van der Waals surface area contributed by atoms with Gasteiger partial charge in [-0.3, -0.25) is 4.79 Å². The molecule has 1 amide bonds. The first-order valence-corrected chi connectivity index (χ1v) is 8.67. The van der Waals surface area contributed by atoms with Gasteiger partial charge in [0.2, 0.25) is 0 Å². The molecule has 0 unspecified atom stereocenters. The van der Waals surface area contributed by atoms with Crippen LogP contribution >= 0.6 is 39.1 Å². The number of hydrogen-bond donors (Lipinski definition) is 1. The van der Waals surface area contributed by atoms with Gasteiger partial charge in [-0.05, 0) is 49.8 Å². The lowest BCUT2D eigenvalue weighted by Gasteiger charge is -2.39. The molecule has 0 heterocycles. The van der Waals surface area contributed by atoms with Crippen molar-refractivity contribution < 1.29 is 4.79 Å². The molecule has 0 radical (unpaired) electrons. The number of rotatable bonds is 3. The summed E-state index contributed by atoms with van der Waals surface area (Å²) in [5.41, 5.74) is 0.271. The summed E-state index contributed by atoms with van der Waals surface area (Å²) in [6.07, 6.45) is 4.25. The number of amides is 1. The van der Waals surface area contributed by atoms with Gasteiger partial charge in [-0.1, -0.05) is 46.1 Å². The molecule has 0 aromatic heterocycles. The Labute approximate surface area is 138 Å². The van der Waals surface area contributed by atoms with E-state index in [0.29, 0.717) is 15.6 Å². The lowest BCUT2D eigenvalue weighted by Crippen LogP contribution is -2.52. The van der Waals surface area contributed by atoms with Gasteiger partial charge in [-0.2, -0.15) is 0 Å². The molecule has 20 heavy (non-hydrogen) atoms.